The standard InChI is InChI=1S/C23H30O9/c1-28-17-11-15(12-18(29-2)22(17)27)8-16(26)21(13-25)32-23-19(30-3)9-14(6-5-7-24)10-20(23)31-4/h5-6,9-12,16,21,24-27H,7-8,13H2,1-4H3/b6-5-/t16-,21-/m1/s1. The Kier molecular flexibility index (Phi) is 9.45. The second-order valence-corrected chi connectivity index (χ2v) is 6.80. The van der Waals surface area contributed by atoms with E-state index in [0.29, 0.717) is 22.6 Å². The highest BCUT2D eigenvalue weighted by Gasteiger charge is 2.26. The predicted molar refractivity (Wildman–Crippen MR) is 118 cm³/mol. The lowest BCUT2D eigenvalue weighted by atomic mass is 10.0. The lowest BCUT2D eigenvalue weighted by Gasteiger charge is -2.25. The summed E-state index contributed by atoms with van der Waals surface area (Å²) in [5, 5.41) is 39.7. The van der Waals surface area contributed by atoms with Crippen molar-refractivity contribution in [2.24, 2.45) is 0 Å². The molecule has 0 fully saturated rings. The molecule has 9 heteroatoms. The van der Waals surface area contributed by atoms with E-state index in [9.17, 15) is 15.3 Å². The van der Waals surface area contributed by atoms with Gasteiger partial charge in [-0.05, 0) is 35.4 Å². The molecule has 0 heterocycles. The van der Waals surface area contributed by atoms with E-state index < -0.39 is 18.8 Å². The monoisotopic (exact) mass is 450 g/mol. The fraction of sp³-hybridized carbons (Fsp3) is 0.391. The van der Waals surface area contributed by atoms with Crippen molar-refractivity contribution in [3.63, 3.8) is 0 Å². The van der Waals surface area contributed by atoms with Crippen LogP contribution in [0.15, 0.2) is 30.3 Å². The van der Waals surface area contributed by atoms with Gasteiger partial charge in [-0.2, -0.15) is 0 Å². The molecular weight excluding hydrogens is 420 g/mol. The number of aliphatic hydroxyl groups is 3. The average molecular weight is 450 g/mol. The molecule has 9 nitrogen and oxygen atoms in total. The topological polar surface area (TPSA) is 127 Å². The molecule has 0 saturated carbocycles. The second kappa shape index (κ2) is 12.0. The molecule has 0 unspecified atom stereocenters. The van der Waals surface area contributed by atoms with Crippen LogP contribution in [0.1, 0.15) is 11.1 Å². The van der Waals surface area contributed by atoms with Crippen molar-refractivity contribution < 1.29 is 44.1 Å². The van der Waals surface area contributed by atoms with Crippen molar-refractivity contribution >= 4 is 6.08 Å². The summed E-state index contributed by atoms with van der Waals surface area (Å²) < 4.78 is 27.0. The third-order valence-electron chi connectivity index (χ3n) is 4.76. The lowest BCUT2D eigenvalue weighted by Crippen LogP contribution is -2.36. The van der Waals surface area contributed by atoms with Crippen LogP contribution < -0.4 is 23.7 Å². The molecule has 2 atom stereocenters. The molecule has 4 N–H and O–H groups in total. The second-order valence-electron chi connectivity index (χ2n) is 6.80. The smallest absolute Gasteiger partial charge is 0.204 e. The van der Waals surface area contributed by atoms with Crippen LogP contribution in [0.5, 0.6) is 34.5 Å². The van der Waals surface area contributed by atoms with Gasteiger partial charge in [-0.25, -0.2) is 0 Å². The summed E-state index contributed by atoms with van der Waals surface area (Å²) in [4.78, 5) is 0. The maximum atomic E-state index is 10.8. The Bertz CT molecular complexity index is 860. The maximum absolute atomic E-state index is 10.8. The molecule has 0 amide bonds. The van der Waals surface area contributed by atoms with Gasteiger partial charge in [0.2, 0.25) is 11.5 Å². The molecule has 0 aliphatic rings. The first-order valence-electron chi connectivity index (χ1n) is 9.85. The molecule has 2 aromatic carbocycles. The van der Waals surface area contributed by atoms with Gasteiger partial charge in [0.05, 0.1) is 47.8 Å². The van der Waals surface area contributed by atoms with Gasteiger partial charge in [0.1, 0.15) is 6.10 Å². The van der Waals surface area contributed by atoms with Gasteiger partial charge in [0.15, 0.2) is 23.0 Å². The first-order chi connectivity index (χ1) is 15.4. The summed E-state index contributed by atoms with van der Waals surface area (Å²) in [6.45, 7) is -0.597. The van der Waals surface area contributed by atoms with Crippen LogP contribution in [0.3, 0.4) is 0 Å². The van der Waals surface area contributed by atoms with Gasteiger partial charge < -0.3 is 44.1 Å². The summed E-state index contributed by atoms with van der Waals surface area (Å²) in [5.74, 6) is 1.13. The number of methoxy groups -OCH3 is 4. The summed E-state index contributed by atoms with van der Waals surface area (Å²) in [6, 6.07) is 6.50. The molecule has 0 aliphatic carbocycles. The molecule has 0 aromatic heterocycles. The Morgan fingerprint density at radius 1 is 0.844 bits per heavy atom. The van der Waals surface area contributed by atoms with Gasteiger partial charge >= 0.3 is 0 Å². The van der Waals surface area contributed by atoms with Crippen LogP contribution in [0, 0.1) is 0 Å². The van der Waals surface area contributed by atoms with E-state index in [4.69, 9.17) is 28.8 Å². The van der Waals surface area contributed by atoms with E-state index in [0.717, 1.165) is 0 Å². The van der Waals surface area contributed by atoms with E-state index in [1.807, 2.05) is 0 Å². The van der Waals surface area contributed by atoms with Crippen LogP contribution in [-0.4, -0.2) is 74.3 Å². The number of aromatic hydroxyl groups is 1. The van der Waals surface area contributed by atoms with Crippen LogP contribution in [0.4, 0.5) is 0 Å². The molecule has 0 radical (unpaired) electrons. The minimum absolute atomic E-state index is 0.0835. The Morgan fingerprint density at radius 2 is 1.38 bits per heavy atom. The van der Waals surface area contributed by atoms with Crippen LogP contribution in [-0.2, 0) is 6.42 Å². The van der Waals surface area contributed by atoms with Crippen LogP contribution in [0.25, 0.3) is 6.08 Å². The molecule has 32 heavy (non-hydrogen) atoms. The molecule has 2 aromatic rings. The number of benzene rings is 2. The van der Waals surface area contributed by atoms with Gasteiger partial charge in [-0.1, -0.05) is 12.2 Å². The van der Waals surface area contributed by atoms with Crippen molar-refractivity contribution in [2.45, 2.75) is 18.6 Å². The fourth-order valence-electron chi connectivity index (χ4n) is 3.13. The zero-order chi connectivity index (χ0) is 23.7. The van der Waals surface area contributed by atoms with Gasteiger partial charge in [0.25, 0.3) is 0 Å². The molecule has 176 valence electrons. The van der Waals surface area contributed by atoms with E-state index >= 15 is 0 Å². The quantitative estimate of drug-likeness (QED) is 0.383. The molecule has 2 rings (SSSR count). The maximum Gasteiger partial charge on any atom is 0.204 e. The number of phenolic OH excluding ortho intramolecular Hbond substituents is 1. The van der Waals surface area contributed by atoms with Crippen molar-refractivity contribution in [2.75, 3.05) is 41.7 Å². The average Bonchev–Trinajstić information content (AvgIpc) is 2.81. The minimum Gasteiger partial charge on any atom is -0.502 e. The Labute approximate surface area is 187 Å². The van der Waals surface area contributed by atoms with E-state index in [1.54, 1.807) is 36.4 Å². The highest BCUT2D eigenvalue weighted by molar-refractivity contribution is 5.62. The minimum atomic E-state index is -1.12. The molecule has 0 spiro atoms. The molecule has 0 aliphatic heterocycles. The number of rotatable bonds is 12. The number of hydrogen-bond donors (Lipinski definition) is 4. The summed E-state index contributed by atoms with van der Waals surface area (Å²) >= 11 is 0. The zero-order valence-electron chi connectivity index (χ0n) is 18.6. The van der Waals surface area contributed by atoms with Crippen LogP contribution >= 0.6 is 0 Å². The van der Waals surface area contributed by atoms with E-state index in [2.05, 4.69) is 0 Å². The Hall–Kier alpha value is -3.14. The number of ether oxygens (including phenoxy) is 5. The summed E-state index contributed by atoms with van der Waals surface area (Å²) in [6.07, 6.45) is 1.21. The third-order valence-corrected chi connectivity index (χ3v) is 4.76. The largest absolute Gasteiger partial charge is 0.502 e. The van der Waals surface area contributed by atoms with Crippen molar-refractivity contribution in [1.29, 1.82) is 0 Å². The normalized spacial score (nSPS) is 13.0. The first kappa shape index (κ1) is 25.1. The van der Waals surface area contributed by atoms with E-state index in [-0.39, 0.29) is 36.0 Å². The highest BCUT2D eigenvalue weighted by Crippen LogP contribution is 2.40. The van der Waals surface area contributed by atoms with Crippen molar-refractivity contribution in [3.05, 3.63) is 41.5 Å². The zero-order valence-corrected chi connectivity index (χ0v) is 18.6. The SMILES string of the molecule is COc1cc(C[C@@H](O)[C@@H](CO)Oc2c(OC)cc(/C=C\CO)cc2OC)cc(OC)c1O. The van der Waals surface area contributed by atoms with Gasteiger partial charge in [-0.3, -0.25) is 0 Å². The van der Waals surface area contributed by atoms with Gasteiger partial charge in [-0.15, -0.1) is 0 Å². The van der Waals surface area contributed by atoms with Crippen molar-refractivity contribution in [1.82, 2.24) is 0 Å². The van der Waals surface area contributed by atoms with Crippen LogP contribution in [0.2, 0.25) is 0 Å². The molecule has 0 saturated heterocycles. The van der Waals surface area contributed by atoms with E-state index in [1.165, 1.54) is 28.4 Å². The first-order valence-corrected chi connectivity index (χ1v) is 9.85. The third kappa shape index (κ3) is 5.97. The fourth-order valence-corrected chi connectivity index (χ4v) is 3.13. The van der Waals surface area contributed by atoms with Crippen molar-refractivity contribution in [3.8, 4) is 34.5 Å². The Balaban J connectivity index is 2.31. The predicted octanol–water partition coefficient (Wildman–Crippen LogP) is 1.78. The number of phenols is 1. The summed E-state index contributed by atoms with van der Waals surface area (Å²) in [5.41, 5.74) is 1.32. The number of hydrogen-bond acceptors (Lipinski definition) is 9. The summed E-state index contributed by atoms with van der Waals surface area (Å²) in [7, 11) is 5.74. The Morgan fingerprint density at radius 3 is 1.81 bits per heavy atom. The lowest BCUT2D eigenvalue weighted by molar-refractivity contribution is 0.000131. The highest BCUT2D eigenvalue weighted by atomic mass is 16.6. The molecular formula is C23H30O9. The molecule has 0 bridgehead atoms. The van der Waals surface area contributed by atoms with Gasteiger partial charge in [0, 0.05) is 6.42 Å². The number of aliphatic hydroxyl groups excluding tert-OH is 3.